The van der Waals surface area contributed by atoms with E-state index in [1.165, 1.54) is 4.72 Å². The van der Waals surface area contributed by atoms with E-state index in [-0.39, 0.29) is 13.2 Å². The normalized spacial score (nSPS) is 11.1. The molecule has 1 amide bonds. The fourth-order valence-electron chi connectivity index (χ4n) is 0.671. The summed E-state index contributed by atoms with van der Waals surface area (Å²) >= 11 is 0. The Morgan fingerprint density at radius 3 is 2.53 bits per heavy atom. The summed E-state index contributed by atoms with van der Waals surface area (Å²) in [7, 11) is 0.671. The van der Waals surface area contributed by atoms with E-state index in [4.69, 9.17) is 15.4 Å². The third-order valence-corrected chi connectivity index (χ3v) is 1.95. The Morgan fingerprint density at radius 2 is 2.00 bits per heavy atom. The summed E-state index contributed by atoms with van der Waals surface area (Å²) < 4.78 is 31.6. The molecule has 0 saturated carbocycles. The van der Waals surface area contributed by atoms with E-state index in [9.17, 15) is 13.2 Å². The molecule has 0 atom stereocenters. The number of hydrogen-bond acceptors (Lipinski definition) is 5. The minimum absolute atomic E-state index is 0.0119. The summed E-state index contributed by atoms with van der Waals surface area (Å²) in [5.74, 6) is 0. The SMILES string of the molecule is CCCCOCCOC(=O)NS(=O)(=O)Cl. The Hall–Kier alpha value is -0.530. The zero-order valence-electron chi connectivity index (χ0n) is 8.36. The number of hydrogen-bond donors (Lipinski definition) is 1. The van der Waals surface area contributed by atoms with Crippen molar-refractivity contribution in [3.63, 3.8) is 0 Å². The van der Waals surface area contributed by atoms with Gasteiger partial charge in [0.1, 0.15) is 6.61 Å². The van der Waals surface area contributed by atoms with Gasteiger partial charge in [-0.3, -0.25) is 0 Å². The van der Waals surface area contributed by atoms with Crippen LogP contribution in [0.4, 0.5) is 4.79 Å². The standard InChI is InChI=1S/C7H14ClNO5S/c1-2-3-4-13-5-6-14-7(10)9-15(8,11)12/h2-6H2,1H3,(H,9,10). The number of unbranched alkanes of at least 4 members (excludes halogenated alkanes) is 1. The second-order valence-electron chi connectivity index (χ2n) is 2.64. The average molecular weight is 260 g/mol. The second-order valence-corrected chi connectivity index (χ2v) is 4.94. The number of rotatable bonds is 7. The van der Waals surface area contributed by atoms with Gasteiger partial charge in [0.2, 0.25) is 0 Å². The van der Waals surface area contributed by atoms with Gasteiger partial charge in [-0.2, -0.15) is 8.42 Å². The highest BCUT2D eigenvalue weighted by atomic mass is 35.7. The molecule has 0 saturated heterocycles. The molecule has 15 heavy (non-hydrogen) atoms. The van der Waals surface area contributed by atoms with Gasteiger partial charge in [-0.25, -0.2) is 9.52 Å². The summed E-state index contributed by atoms with van der Waals surface area (Å²) in [4.78, 5) is 10.7. The quantitative estimate of drug-likeness (QED) is 0.545. The molecule has 0 rings (SSSR count). The van der Waals surface area contributed by atoms with Gasteiger partial charge in [0.25, 0.3) is 0 Å². The van der Waals surface area contributed by atoms with Crippen LogP contribution in [0, 0.1) is 0 Å². The fraction of sp³-hybridized carbons (Fsp3) is 0.857. The van der Waals surface area contributed by atoms with Crippen molar-refractivity contribution < 1.29 is 22.7 Å². The first kappa shape index (κ1) is 14.5. The van der Waals surface area contributed by atoms with E-state index in [2.05, 4.69) is 4.74 Å². The monoisotopic (exact) mass is 259 g/mol. The van der Waals surface area contributed by atoms with E-state index in [1.54, 1.807) is 0 Å². The van der Waals surface area contributed by atoms with Crippen LogP contribution in [0.5, 0.6) is 0 Å². The lowest BCUT2D eigenvalue weighted by Gasteiger charge is -2.05. The van der Waals surface area contributed by atoms with Crippen LogP contribution in [-0.2, 0) is 18.7 Å². The van der Waals surface area contributed by atoms with Crippen LogP contribution >= 0.6 is 10.7 Å². The van der Waals surface area contributed by atoms with E-state index < -0.39 is 15.3 Å². The maximum absolute atomic E-state index is 10.7. The van der Waals surface area contributed by atoms with Crippen molar-refractivity contribution in [1.82, 2.24) is 4.72 Å². The predicted octanol–water partition coefficient (Wildman–Crippen LogP) is 1.01. The van der Waals surface area contributed by atoms with Crippen LogP contribution in [0.25, 0.3) is 0 Å². The van der Waals surface area contributed by atoms with Crippen LogP contribution in [0.2, 0.25) is 0 Å². The molecule has 8 heteroatoms. The molecule has 6 nitrogen and oxygen atoms in total. The molecule has 0 spiro atoms. The van der Waals surface area contributed by atoms with Crippen molar-refractivity contribution in [3.05, 3.63) is 0 Å². The van der Waals surface area contributed by atoms with Crippen molar-refractivity contribution in [2.24, 2.45) is 0 Å². The molecule has 0 heterocycles. The predicted molar refractivity (Wildman–Crippen MR) is 55.0 cm³/mol. The van der Waals surface area contributed by atoms with Crippen LogP contribution in [-0.4, -0.2) is 34.3 Å². The Labute approximate surface area is 93.4 Å². The summed E-state index contributed by atoms with van der Waals surface area (Å²) in [5, 5.41) is 0. The van der Waals surface area contributed by atoms with Gasteiger partial charge < -0.3 is 9.47 Å². The van der Waals surface area contributed by atoms with Gasteiger partial charge in [-0.1, -0.05) is 13.3 Å². The molecule has 0 aliphatic heterocycles. The maximum Gasteiger partial charge on any atom is 0.421 e. The molecule has 0 aliphatic carbocycles. The largest absolute Gasteiger partial charge is 0.446 e. The molecule has 0 aromatic rings. The lowest BCUT2D eigenvalue weighted by atomic mass is 10.4. The first-order valence-electron chi connectivity index (χ1n) is 4.42. The van der Waals surface area contributed by atoms with Crippen LogP contribution in [0.15, 0.2) is 0 Å². The van der Waals surface area contributed by atoms with E-state index in [1.807, 2.05) is 6.92 Å². The number of carbonyl (C=O) groups is 1. The fourth-order valence-corrected chi connectivity index (χ4v) is 1.12. The highest BCUT2D eigenvalue weighted by Gasteiger charge is 2.10. The molecular weight excluding hydrogens is 246 g/mol. The Morgan fingerprint density at radius 1 is 1.33 bits per heavy atom. The summed E-state index contributed by atoms with van der Waals surface area (Å²) in [6.07, 6.45) is 0.845. The Balaban J connectivity index is 3.40. The zero-order valence-corrected chi connectivity index (χ0v) is 9.94. The highest BCUT2D eigenvalue weighted by Crippen LogP contribution is 1.91. The summed E-state index contributed by atoms with van der Waals surface area (Å²) in [6.45, 7) is 2.84. The van der Waals surface area contributed by atoms with Crippen molar-refractivity contribution >= 4 is 26.0 Å². The van der Waals surface area contributed by atoms with E-state index >= 15 is 0 Å². The second kappa shape index (κ2) is 7.72. The van der Waals surface area contributed by atoms with E-state index in [0.29, 0.717) is 6.61 Å². The lowest BCUT2D eigenvalue weighted by Crippen LogP contribution is -2.28. The van der Waals surface area contributed by atoms with Crippen molar-refractivity contribution in [2.45, 2.75) is 19.8 Å². The molecule has 0 radical (unpaired) electrons. The number of ether oxygens (including phenoxy) is 2. The smallest absolute Gasteiger partial charge is 0.421 e. The molecule has 1 N–H and O–H groups in total. The van der Waals surface area contributed by atoms with Crippen molar-refractivity contribution in [3.8, 4) is 0 Å². The average Bonchev–Trinajstić information content (AvgIpc) is 2.08. The number of amides is 1. The molecular formula is C7H14ClNO5S. The molecule has 0 bridgehead atoms. The van der Waals surface area contributed by atoms with Crippen LogP contribution in [0.1, 0.15) is 19.8 Å². The Kier molecular flexibility index (Phi) is 7.45. The van der Waals surface area contributed by atoms with Gasteiger partial charge in [0, 0.05) is 17.3 Å². The third-order valence-electron chi connectivity index (χ3n) is 1.31. The number of carbonyl (C=O) groups excluding carboxylic acids is 1. The molecule has 0 aromatic carbocycles. The summed E-state index contributed by atoms with van der Waals surface area (Å²) in [6, 6.07) is 0. The molecule has 0 fully saturated rings. The third kappa shape index (κ3) is 11.4. The molecule has 90 valence electrons. The maximum atomic E-state index is 10.7. The Bertz CT molecular complexity index is 279. The lowest BCUT2D eigenvalue weighted by molar-refractivity contribution is 0.0737. The van der Waals surface area contributed by atoms with Gasteiger partial charge >= 0.3 is 15.3 Å². The minimum Gasteiger partial charge on any atom is -0.446 e. The van der Waals surface area contributed by atoms with Gasteiger partial charge in [-0.15, -0.1) is 0 Å². The minimum atomic E-state index is -4.07. The molecule has 0 aromatic heterocycles. The zero-order chi connectivity index (χ0) is 11.7. The highest BCUT2D eigenvalue weighted by molar-refractivity contribution is 8.12. The molecule has 0 aliphatic rings. The topological polar surface area (TPSA) is 81.7 Å². The number of nitrogens with one attached hydrogen (secondary N) is 1. The van der Waals surface area contributed by atoms with Crippen LogP contribution < -0.4 is 4.72 Å². The van der Waals surface area contributed by atoms with Gasteiger partial charge in [0.05, 0.1) is 6.61 Å². The first-order chi connectivity index (χ1) is 6.95. The van der Waals surface area contributed by atoms with Gasteiger partial charge in [-0.05, 0) is 6.42 Å². The van der Waals surface area contributed by atoms with E-state index in [0.717, 1.165) is 12.8 Å². The first-order valence-corrected chi connectivity index (χ1v) is 6.73. The van der Waals surface area contributed by atoms with Crippen LogP contribution in [0.3, 0.4) is 0 Å². The number of halogens is 1. The summed E-state index contributed by atoms with van der Waals surface area (Å²) in [5.41, 5.74) is 0. The molecule has 0 unspecified atom stereocenters. The van der Waals surface area contributed by atoms with Gasteiger partial charge in [0.15, 0.2) is 0 Å². The van der Waals surface area contributed by atoms with Crippen molar-refractivity contribution in [2.75, 3.05) is 19.8 Å². The van der Waals surface area contributed by atoms with Crippen molar-refractivity contribution in [1.29, 1.82) is 0 Å².